The van der Waals surface area contributed by atoms with Crippen LogP contribution in [0.2, 0.25) is 5.02 Å². The molecule has 0 aliphatic carbocycles. The van der Waals surface area contributed by atoms with E-state index in [0.717, 1.165) is 19.3 Å². The predicted molar refractivity (Wildman–Crippen MR) is 111 cm³/mol. The van der Waals surface area contributed by atoms with Crippen LogP contribution in [0.25, 0.3) is 11.3 Å². The maximum Gasteiger partial charge on any atom is 0.237 e. The number of hydrogen-bond donors (Lipinski definition) is 0. The molecule has 1 aromatic carbocycles. The van der Waals surface area contributed by atoms with Crippen LogP contribution in [0.5, 0.6) is 0 Å². The number of carbonyl (C=O) groups is 1. The maximum absolute atomic E-state index is 12.4. The van der Waals surface area contributed by atoms with Crippen LogP contribution in [-0.4, -0.2) is 28.8 Å². The molecule has 0 spiro atoms. The zero-order valence-corrected chi connectivity index (χ0v) is 16.9. The molecular formula is C23H19ClN2O4. The Morgan fingerprint density at radius 3 is 2.90 bits per heavy atom. The Balaban J connectivity index is 1.65. The third-order valence-electron chi connectivity index (χ3n) is 4.65. The highest BCUT2D eigenvalue weighted by Gasteiger charge is 2.21. The third kappa shape index (κ3) is 4.77. The lowest BCUT2D eigenvalue weighted by atomic mass is 10.1. The van der Waals surface area contributed by atoms with Crippen LogP contribution in [0.3, 0.4) is 0 Å². The van der Waals surface area contributed by atoms with Gasteiger partial charge in [0, 0.05) is 30.1 Å². The highest BCUT2D eigenvalue weighted by molar-refractivity contribution is 6.33. The Bertz CT molecular complexity index is 1080. The molecule has 30 heavy (non-hydrogen) atoms. The molecule has 0 amide bonds. The van der Waals surface area contributed by atoms with E-state index >= 15 is 0 Å². The van der Waals surface area contributed by atoms with Crippen LogP contribution >= 0.6 is 11.6 Å². The second kappa shape index (κ2) is 9.68. The minimum Gasteiger partial charge on any atom is -0.354 e. The molecule has 4 rings (SSSR count). The number of rotatable bonds is 5. The average Bonchev–Trinajstić information content (AvgIpc) is 3.20. The fourth-order valence-electron chi connectivity index (χ4n) is 3.08. The van der Waals surface area contributed by atoms with Crippen molar-refractivity contribution < 1.29 is 18.8 Å². The second-order valence-corrected chi connectivity index (χ2v) is 7.15. The summed E-state index contributed by atoms with van der Waals surface area (Å²) >= 11 is 6.33. The van der Waals surface area contributed by atoms with Gasteiger partial charge in [-0.2, -0.15) is 0 Å². The smallest absolute Gasteiger partial charge is 0.237 e. The number of ether oxygens (including phenoxy) is 2. The van der Waals surface area contributed by atoms with E-state index in [4.69, 9.17) is 25.6 Å². The Morgan fingerprint density at radius 1 is 1.23 bits per heavy atom. The molecule has 0 bridgehead atoms. The number of pyridine rings is 1. The molecule has 1 fully saturated rings. The summed E-state index contributed by atoms with van der Waals surface area (Å²) in [6.07, 6.45) is 5.72. The molecule has 1 atom stereocenters. The summed E-state index contributed by atoms with van der Waals surface area (Å²) in [6, 6.07) is 10.6. The first-order valence-corrected chi connectivity index (χ1v) is 10.0. The second-order valence-electron chi connectivity index (χ2n) is 6.74. The summed E-state index contributed by atoms with van der Waals surface area (Å²) in [5.74, 6) is 5.61. The summed E-state index contributed by atoms with van der Waals surface area (Å²) in [4.78, 5) is 16.4. The molecule has 152 valence electrons. The largest absolute Gasteiger partial charge is 0.354 e. The number of benzene rings is 1. The van der Waals surface area contributed by atoms with Gasteiger partial charge < -0.3 is 14.0 Å². The zero-order chi connectivity index (χ0) is 20.8. The van der Waals surface area contributed by atoms with E-state index in [2.05, 4.69) is 22.0 Å². The first kappa shape index (κ1) is 20.3. The van der Waals surface area contributed by atoms with Crippen molar-refractivity contribution in [2.24, 2.45) is 0 Å². The first-order valence-electron chi connectivity index (χ1n) is 9.65. The van der Waals surface area contributed by atoms with Gasteiger partial charge in [0.05, 0.1) is 17.2 Å². The minimum atomic E-state index is -0.350. The molecule has 3 heterocycles. The molecular weight excluding hydrogens is 404 g/mol. The van der Waals surface area contributed by atoms with Gasteiger partial charge in [-0.05, 0) is 49.4 Å². The number of halogens is 1. The molecule has 1 unspecified atom stereocenters. The van der Waals surface area contributed by atoms with Crippen LogP contribution in [0.15, 0.2) is 53.3 Å². The highest BCUT2D eigenvalue weighted by Crippen LogP contribution is 2.32. The quantitative estimate of drug-likeness (QED) is 0.439. The lowest BCUT2D eigenvalue weighted by Crippen LogP contribution is -2.22. The van der Waals surface area contributed by atoms with Crippen molar-refractivity contribution in [2.75, 3.05) is 6.61 Å². The zero-order valence-electron chi connectivity index (χ0n) is 16.1. The van der Waals surface area contributed by atoms with E-state index < -0.39 is 0 Å². The standard InChI is InChI=1S/C23H19ClN2O4/c24-19-8-2-1-7-17(19)23-18(10-11-21(27)16-6-5-12-25-14-16)20(26-30-23)15-29-22-9-3-4-13-28-22/h1-2,5-8,12,14,22H,3-4,9,13,15H2. The van der Waals surface area contributed by atoms with E-state index in [0.29, 0.717) is 39.8 Å². The molecule has 1 aliphatic heterocycles. The van der Waals surface area contributed by atoms with Crippen LogP contribution in [0.1, 0.15) is 40.9 Å². The van der Waals surface area contributed by atoms with Gasteiger partial charge in [-0.3, -0.25) is 9.78 Å². The summed E-state index contributed by atoms with van der Waals surface area (Å²) in [5, 5.41) is 4.63. The van der Waals surface area contributed by atoms with Crippen molar-refractivity contribution in [1.82, 2.24) is 10.1 Å². The van der Waals surface area contributed by atoms with Gasteiger partial charge in [0.25, 0.3) is 0 Å². The number of nitrogens with zero attached hydrogens (tertiary/aromatic N) is 2. The Kier molecular flexibility index (Phi) is 6.55. The predicted octanol–water partition coefficient (Wildman–Crippen LogP) is 4.67. The van der Waals surface area contributed by atoms with Gasteiger partial charge in [-0.25, -0.2) is 0 Å². The molecule has 0 saturated carbocycles. The van der Waals surface area contributed by atoms with Crippen molar-refractivity contribution >= 4 is 17.4 Å². The maximum atomic E-state index is 12.4. The summed E-state index contributed by atoms with van der Waals surface area (Å²) in [7, 11) is 0. The Labute approximate surface area is 179 Å². The van der Waals surface area contributed by atoms with Gasteiger partial charge in [-0.15, -0.1) is 0 Å². The van der Waals surface area contributed by atoms with Crippen molar-refractivity contribution in [3.05, 3.63) is 70.6 Å². The summed E-state index contributed by atoms with van der Waals surface area (Å²) < 4.78 is 17.0. The SMILES string of the molecule is O=C(C#Cc1c(COC2CCCCO2)noc1-c1ccccc1Cl)c1cccnc1. The number of hydrogen-bond acceptors (Lipinski definition) is 6. The lowest BCUT2D eigenvalue weighted by Gasteiger charge is -2.22. The first-order chi connectivity index (χ1) is 14.7. The average molecular weight is 423 g/mol. The summed E-state index contributed by atoms with van der Waals surface area (Å²) in [5.41, 5.74) is 2.01. The van der Waals surface area contributed by atoms with Gasteiger partial charge in [0.2, 0.25) is 5.78 Å². The monoisotopic (exact) mass is 422 g/mol. The fourth-order valence-corrected chi connectivity index (χ4v) is 3.30. The molecule has 0 N–H and O–H groups in total. The van der Waals surface area contributed by atoms with Crippen molar-refractivity contribution in [3.63, 3.8) is 0 Å². The number of Topliss-reactive ketones (excluding diaryl/α,β-unsaturated/α-hetero) is 1. The van der Waals surface area contributed by atoms with Crippen LogP contribution < -0.4 is 0 Å². The Morgan fingerprint density at radius 2 is 2.13 bits per heavy atom. The van der Waals surface area contributed by atoms with Crippen molar-refractivity contribution in [2.45, 2.75) is 32.2 Å². The van der Waals surface area contributed by atoms with Gasteiger partial charge in [-0.1, -0.05) is 34.8 Å². The number of ketones is 1. The summed E-state index contributed by atoms with van der Waals surface area (Å²) in [6.45, 7) is 0.838. The van der Waals surface area contributed by atoms with Gasteiger partial charge >= 0.3 is 0 Å². The molecule has 0 radical (unpaired) electrons. The van der Waals surface area contributed by atoms with Gasteiger partial charge in [0.15, 0.2) is 12.1 Å². The van der Waals surface area contributed by atoms with E-state index in [-0.39, 0.29) is 18.7 Å². The number of aromatic nitrogens is 2. The van der Waals surface area contributed by atoms with Crippen LogP contribution in [0, 0.1) is 11.8 Å². The van der Waals surface area contributed by atoms with Gasteiger partial charge in [0.1, 0.15) is 5.69 Å². The van der Waals surface area contributed by atoms with Crippen LogP contribution in [-0.2, 0) is 16.1 Å². The Hall–Kier alpha value is -2.98. The van der Waals surface area contributed by atoms with E-state index in [1.54, 1.807) is 24.4 Å². The van der Waals surface area contributed by atoms with Crippen molar-refractivity contribution in [3.8, 4) is 23.2 Å². The molecule has 7 heteroatoms. The number of carbonyl (C=O) groups excluding carboxylic acids is 1. The molecule has 6 nitrogen and oxygen atoms in total. The van der Waals surface area contributed by atoms with E-state index in [1.807, 2.05) is 18.2 Å². The van der Waals surface area contributed by atoms with E-state index in [1.165, 1.54) is 6.20 Å². The van der Waals surface area contributed by atoms with Crippen molar-refractivity contribution in [1.29, 1.82) is 0 Å². The third-order valence-corrected chi connectivity index (χ3v) is 4.98. The lowest BCUT2D eigenvalue weighted by molar-refractivity contribution is -0.169. The molecule has 2 aromatic heterocycles. The minimum absolute atomic E-state index is 0.156. The topological polar surface area (TPSA) is 74.5 Å². The fraction of sp³-hybridized carbons (Fsp3) is 0.261. The molecule has 1 saturated heterocycles. The molecule has 1 aliphatic rings. The highest BCUT2D eigenvalue weighted by atomic mass is 35.5. The van der Waals surface area contributed by atoms with E-state index in [9.17, 15) is 4.79 Å². The van der Waals surface area contributed by atoms with Crippen LogP contribution in [0.4, 0.5) is 0 Å². The normalized spacial score (nSPS) is 16.0. The molecule has 3 aromatic rings.